The number of pyridine rings is 2. The lowest BCUT2D eigenvalue weighted by Crippen LogP contribution is -2.69. The van der Waals surface area contributed by atoms with Crippen LogP contribution in [-0.4, -0.2) is 63.4 Å². The second-order valence-corrected chi connectivity index (χ2v) is 9.07. The Labute approximate surface area is 203 Å². The zero-order valence-electron chi connectivity index (χ0n) is 20.0. The van der Waals surface area contributed by atoms with Gasteiger partial charge in [-0.25, -0.2) is 18.8 Å². The highest BCUT2D eigenvalue weighted by Crippen LogP contribution is 2.26. The Morgan fingerprint density at radius 2 is 2.09 bits per heavy atom. The smallest absolute Gasteiger partial charge is 0.261 e. The van der Waals surface area contributed by atoms with E-state index in [2.05, 4.69) is 44.3 Å². The molecule has 4 heterocycles. The number of alkyl halides is 2. The van der Waals surface area contributed by atoms with E-state index >= 15 is 0 Å². The second kappa shape index (κ2) is 10.8. The average molecular weight is 482 g/mol. The maximum absolute atomic E-state index is 13.3. The molecule has 0 atom stereocenters. The molecule has 0 radical (unpaired) electrons. The first-order valence-corrected chi connectivity index (χ1v) is 11.8. The van der Waals surface area contributed by atoms with Crippen LogP contribution in [0.1, 0.15) is 43.7 Å². The number of nitrogens with zero attached hydrogens (tertiary/aromatic N) is 5. The summed E-state index contributed by atoms with van der Waals surface area (Å²) >= 11 is 0. The molecule has 1 aliphatic heterocycles. The zero-order chi connectivity index (χ0) is 24.8. The first kappa shape index (κ1) is 24.6. The number of allylic oxidation sites excluding steroid dienone is 1. The molecular formula is C25H31F2N8+. The molecule has 1 fully saturated rings. The highest BCUT2D eigenvalue weighted by molar-refractivity contribution is 6.07. The van der Waals surface area contributed by atoms with Crippen LogP contribution in [0.2, 0.25) is 0 Å². The van der Waals surface area contributed by atoms with Crippen molar-refractivity contribution < 1.29 is 13.8 Å². The summed E-state index contributed by atoms with van der Waals surface area (Å²) in [6, 6.07) is 7.63. The summed E-state index contributed by atoms with van der Waals surface area (Å²) in [4.78, 5) is 14.2. The van der Waals surface area contributed by atoms with Crippen molar-refractivity contribution in [1.82, 2.24) is 25.1 Å². The maximum atomic E-state index is 13.3. The molecule has 8 nitrogen and oxygen atoms in total. The molecule has 3 aromatic rings. The summed E-state index contributed by atoms with van der Waals surface area (Å²) in [5.74, 6) is -0.935. The summed E-state index contributed by atoms with van der Waals surface area (Å²) in [5.41, 5.74) is 10.0. The average Bonchev–Trinajstić information content (AvgIpc) is 3.19. The van der Waals surface area contributed by atoms with E-state index in [1.807, 2.05) is 30.5 Å². The van der Waals surface area contributed by atoms with Gasteiger partial charge >= 0.3 is 0 Å². The van der Waals surface area contributed by atoms with Gasteiger partial charge in [-0.05, 0) is 35.7 Å². The predicted octanol–water partition coefficient (Wildman–Crippen LogP) is 2.47. The Morgan fingerprint density at radius 1 is 1.23 bits per heavy atom. The van der Waals surface area contributed by atoms with Gasteiger partial charge in [-0.3, -0.25) is 9.88 Å². The summed E-state index contributed by atoms with van der Waals surface area (Å²) in [5, 5.41) is 11.4. The van der Waals surface area contributed by atoms with E-state index in [1.165, 1.54) is 6.20 Å². The normalized spacial score (nSPS) is 16.5. The van der Waals surface area contributed by atoms with Crippen LogP contribution in [0.15, 0.2) is 42.9 Å². The van der Waals surface area contributed by atoms with Crippen molar-refractivity contribution in [3.05, 3.63) is 54.0 Å². The van der Waals surface area contributed by atoms with E-state index in [0.29, 0.717) is 42.7 Å². The number of likely N-dealkylation sites (tertiary alicyclic amines) is 1. The minimum Gasteiger partial charge on any atom is -0.404 e. The zero-order valence-corrected chi connectivity index (χ0v) is 20.0. The van der Waals surface area contributed by atoms with Crippen molar-refractivity contribution in [1.29, 1.82) is 0 Å². The number of nitrogens with two attached hydrogens (primary N) is 1. The van der Waals surface area contributed by atoms with Crippen LogP contribution in [0, 0.1) is 0 Å². The van der Waals surface area contributed by atoms with Crippen molar-refractivity contribution in [2.75, 3.05) is 31.5 Å². The molecule has 10 heteroatoms. The molecule has 0 amide bonds. The number of hydrogen-bond acceptors (Lipinski definition) is 7. The Bertz CT molecular complexity index is 1230. The van der Waals surface area contributed by atoms with Gasteiger partial charge in [0.15, 0.2) is 12.0 Å². The van der Waals surface area contributed by atoms with Crippen LogP contribution >= 0.6 is 0 Å². The van der Waals surface area contributed by atoms with E-state index in [0.717, 1.165) is 28.6 Å². The van der Waals surface area contributed by atoms with Crippen LogP contribution in [0.3, 0.4) is 0 Å². The lowest BCUT2D eigenvalue weighted by atomic mass is 10.1. The topological polar surface area (TPSA) is 107 Å². The van der Waals surface area contributed by atoms with Crippen molar-refractivity contribution in [2.24, 2.45) is 5.73 Å². The van der Waals surface area contributed by atoms with Crippen LogP contribution in [-0.2, 0) is 0 Å². The summed E-state index contributed by atoms with van der Waals surface area (Å²) < 4.78 is 26.6. The molecule has 1 aliphatic rings. The fraction of sp³-hybridized carbons (Fsp3) is 0.400. The van der Waals surface area contributed by atoms with Crippen molar-refractivity contribution in [3.8, 4) is 0 Å². The third-order valence-electron chi connectivity index (χ3n) is 5.95. The number of anilines is 2. The fourth-order valence-electron chi connectivity index (χ4n) is 3.94. The Morgan fingerprint density at radius 3 is 2.83 bits per heavy atom. The molecule has 0 unspecified atom stereocenters. The highest BCUT2D eigenvalue weighted by atomic mass is 19.3. The van der Waals surface area contributed by atoms with Gasteiger partial charge in [0.05, 0.1) is 29.3 Å². The maximum Gasteiger partial charge on any atom is 0.261 e. The van der Waals surface area contributed by atoms with Gasteiger partial charge in [0.2, 0.25) is 0 Å². The van der Waals surface area contributed by atoms with E-state index in [9.17, 15) is 8.78 Å². The van der Waals surface area contributed by atoms with E-state index < -0.39 is 5.92 Å². The monoisotopic (exact) mass is 481 g/mol. The summed E-state index contributed by atoms with van der Waals surface area (Å²) in [6.07, 6.45) is 7.54. The van der Waals surface area contributed by atoms with Crippen LogP contribution in [0.25, 0.3) is 16.6 Å². The van der Waals surface area contributed by atoms with Crippen molar-refractivity contribution in [3.63, 3.8) is 0 Å². The fourth-order valence-corrected chi connectivity index (χ4v) is 3.94. The van der Waals surface area contributed by atoms with Crippen LogP contribution < -0.4 is 16.0 Å². The van der Waals surface area contributed by atoms with E-state index in [4.69, 9.17) is 5.73 Å². The lowest BCUT2D eigenvalue weighted by molar-refractivity contribution is -0.451. The first-order valence-electron chi connectivity index (χ1n) is 11.8. The van der Waals surface area contributed by atoms with E-state index in [-0.39, 0.29) is 13.0 Å². The second-order valence-electron chi connectivity index (χ2n) is 9.07. The molecule has 1 saturated heterocycles. The van der Waals surface area contributed by atoms with Gasteiger partial charge in [-0.2, -0.15) is 5.10 Å². The highest BCUT2D eigenvalue weighted by Gasteiger charge is 2.37. The number of halogens is 2. The van der Waals surface area contributed by atoms with Crippen LogP contribution in [0.5, 0.6) is 0 Å². The predicted molar refractivity (Wildman–Crippen MR) is 134 cm³/mol. The Hall–Kier alpha value is -3.53. The third kappa shape index (κ3) is 6.54. The van der Waals surface area contributed by atoms with Gasteiger partial charge in [0, 0.05) is 43.9 Å². The van der Waals surface area contributed by atoms with Crippen LogP contribution in [0.4, 0.5) is 20.4 Å². The molecule has 184 valence electrons. The molecule has 35 heavy (non-hydrogen) atoms. The SMILES string of the molecule is CC(C)c1cnnc(Nc2ccc3ncc(C(C=[NH+]CCCN4CCC(F)(F)C4)=CN)cc3n2)c1. The molecule has 0 bridgehead atoms. The molecule has 0 aliphatic carbocycles. The van der Waals surface area contributed by atoms with Gasteiger partial charge in [-0.1, -0.05) is 13.8 Å². The molecule has 4 N–H and O–H groups in total. The molecular weight excluding hydrogens is 450 g/mol. The summed E-state index contributed by atoms with van der Waals surface area (Å²) in [7, 11) is 0. The number of aromatic nitrogens is 4. The lowest BCUT2D eigenvalue weighted by Gasteiger charge is -2.13. The van der Waals surface area contributed by atoms with Crippen molar-refractivity contribution in [2.45, 2.75) is 38.5 Å². The number of nitrogens with one attached hydrogen (secondary N) is 2. The molecule has 0 spiro atoms. The first-order chi connectivity index (χ1) is 16.8. The quantitative estimate of drug-likeness (QED) is 0.318. The third-order valence-corrected chi connectivity index (χ3v) is 5.95. The van der Waals surface area contributed by atoms with Gasteiger partial charge < -0.3 is 11.1 Å². The molecule has 0 aromatic carbocycles. The largest absolute Gasteiger partial charge is 0.404 e. The Kier molecular flexibility index (Phi) is 7.60. The van der Waals surface area contributed by atoms with E-state index in [1.54, 1.807) is 17.3 Å². The number of hydrogen-bond donors (Lipinski definition) is 3. The van der Waals surface area contributed by atoms with Gasteiger partial charge in [0.1, 0.15) is 12.4 Å². The molecule has 4 rings (SSSR count). The number of fused-ring (bicyclic) bond motifs is 1. The minimum atomic E-state index is -2.55. The van der Waals surface area contributed by atoms with Gasteiger partial charge in [0.25, 0.3) is 5.92 Å². The van der Waals surface area contributed by atoms with Crippen molar-refractivity contribution >= 4 is 34.5 Å². The number of rotatable bonds is 9. The minimum absolute atomic E-state index is 0.0510. The molecule has 3 aromatic heterocycles. The summed E-state index contributed by atoms with van der Waals surface area (Å²) in [6.45, 7) is 5.81. The van der Waals surface area contributed by atoms with Gasteiger partial charge in [-0.15, -0.1) is 5.10 Å². The molecule has 0 saturated carbocycles. The Balaban J connectivity index is 1.40. The standard InChI is InChI=1S/C25H30F2N8/c1-17(2)18-11-24(34-31-15-18)33-23-5-4-21-22(32-23)10-19(14-30-21)20(12-28)13-29-7-3-8-35-9-6-25(26,27)16-35/h4-5,10-15,17H,3,6-9,16,28H2,1-2H3,(H,32,33,34)/p+1.